The number of unbranched alkanes of at least 4 members (excludes halogenated alkanes) is 1. The van der Waals surface area contributed by atoms with E-state index in [4.69, 9.17) is 9.47 Å². The van der Waals surface area contributed by atoms with Crippen LogP contribution < -0.4 is 0 Å². The van der Waals surface area contributed by atoms with Crippen LogP contribution in [-0.2, 0) is 20.8 Å². The maximum atomic E-state index is 13.1. The second-order valence-electron chi connectivity index (χ2n) is 6.40. The third-order valence-electron chi connectivity index (χ3n) is 4.34. The minimum Gasteiger partial charge on any atom is -0.461 e. The highest BCUT2D eigenvalue weighted by Crippen LogP contribution is 2.20. The first-order valence-corrected chi connectivity index (χ1v) is 10.9. The van der Waals surface area contributed by atoms with Crippen LogP contribution in [0.25, 0.3) is 0 Å². The van der Waals surface area contributed by atoms with E-state index in [0.29, 0.717) is 38.6 Å². The van der Waals surface area contributed by atoms with Crippen molar-refractivity contribution in [1.82, 2.24) is 9.88 Å². The van der Waals surface area contributed by atoms with Crippen LogP contribution in [-0.4, -0.2) is 48.1 Å². The highest BCUT2D eigenvalue weighted by Gasteiger charge is 2.24. The van der Waals surface area contributed by atoms with Gasteiger partial charge in [-0.1, -0.05) is 26.7 Å². The summed E-state index contributed by atoms with van der Waals surface area (Å²) >= 11 is 1.39. The molecular weight excluding hydrogens is 364 g/mol. The monoisotopic (exact) mass is 398 g/mol. The van der Waals surface area contributed by atoms with Gasteiger partial charge in [-0.15, -0.1) is 11.3 Å². The first kappa shape index (κ1) is 23.6. The molecule has 0 aliphatic heterocycles. The normalized spacial score (nSPS) is 12.0. The topological polar surface area (TPSA) is 68.7 Å². The van der Waals surface area contributed by atoms with Gasteiger partial charge in [0.15, 0.2) is 5.69 Å². The fourth-order valence-corrected chi connectivity index (χ4v) is 3.60. The molecule has 0 spiro atoms. The Bertz CT molecular complexity index is 562. The highest BCUT2D eigenvalue weighted by atomic mass is 32.1. The summed E-state index contributed by atoms with van der Waals surface area (Å²) in [5.41, 5.74) is 0.316. The van der Waals surface area contributed by atoms with Gasteiger partial charge in [0.2, 0.25) is 5.91 Å². The van der Waals surface area contributed by atoms with E-state index >= 15 is 0 Å². The Morgan fingerprint density at radius 1 is 1.19 bits per heavy atom. The molecule has 1 rings (SSSR count). The average Bonchev–Trinajstić information content (AvgIpc) is 3.13. The summed E-state index contributed by atoms with van der Waals surface area (Å²) in [5.74, 6) is -0.194. The number of hydrogen-bond donors (Lipinski definition) is 0. The third kappa shape index (κ3) is 8.39. The number of rotatable bonds is 14. The van der Waals surface area contributed by atoms with Gasteiger partial charge in [-0.05, 0) is 33.1 Å². The van der Waals surface area contributed by atoms with Gasteiger partial charge in [0.1, 0.15) is 5.01 Å². The van der Waals surface area contributed by atoms with Crippen molar-refractivity contribution < 1.29 is 19.1 Å². The number of aromatic nitrogens is 1. The third-order valence-corrected chi connectivity index (χ3v) is 5.18. The van der Waals surface area contributed by atoms with Crippen LogP contribution in [0.15, 0.2) is 5.38 Å². The molecule has 0 radical (unpaired) electrons. The van der Waals surface area contributed by atoms with Crippen molar-refractivity contribution in [3.8, 4) is 0 Å². The molecule has 0 aliphatic carbocycles. The Morgan fingerprint density at radius 3 is 2.59 bits per heavy atom. The van der Waals surface area contributed by atoms with Crippen LogP contribution in [0.4, 0.5) is 0 Å². The van der Waals surface area contributed by atoms with E-state index in [9.17, 15) is 9.59 Å². The van der Waals surface area contributed by atoms with Crippen LogP contribution in [0.2, 0.25) is 0 Å². The van der Waals surface area contributed by atoms with Crippen LogP contribution in [0.5, 0.6) is 0 Å². The lowest BCUT2D eigenvalue weighted by Crippen LogP contribution is -2.36. The molecule has 0 N–H and O–H groups in total. The highest BCUT2D eigenvalue weighted by molar-refractivity contribution is 7.09. The van der Waals surface area contributed by atoms with Gasteiger partial charge in [0.25, 0.3) is 0 Å². The number of nitrogens with zero attached hydrogens (tertiary/aromatic N) is 2. The number of thiazole rings is 1. The zero-order chi connectivity index (χ0) is 20.1. The molecule has 0 fully saturated rings. The number of carbonyl (C=O) groups excluding carboxylic acids is 2. The molecule has 1 heterocycles. The molecule has 7 heteroatoms. The largest absolute Gasteiger partial charge is 0.461 e. The van der Waals surface area contributed by atoms with E-state index in [0.717, 1.165) is 37.1 Å². The maximum absolute atomic E-state index is 13.1. The van der Waals surface area contributed by atoms with Gasteiger partial charge in [0, 0.05) is 31.1 Å². The Balaban J connectivity index is 2.80. The number of hydrogen-bond acceptors (Lipinski definition) is 6. The quantitative estimate of drug-likeness (QED) is 0.345. The zero-order valence-corrected chi connectivity index (χ0v) is 18.0. The average molecular weight is 399 g/mol. The Kier molecular flexibility index (Phi) is 11.9. The lowest BCUT2D eigenvalue weighted by molar-refractivity contribution is -0.136. The van der Waals surface area contributed by atoms with E-state index in [1.165, 1.54) is 11.3 Å². The van der Waals surface area contributed by atoms with Gasteiger partial charge < -0.3 is 14.4 Å². The molecular formula is C20H34N2O4S. The summed E-state index contributed by atoms with van der Waals surface area (Å²) in [6.45, 7) is 10.6. The molecule has 0 saturated carbocycles. The maximum Gasteiger partial charge on any atom is 0.357 e. The number of ether oxygens (including phenoxy) is 2. The molecule has 0 bridgehead atoms. The standard InChI is InChI=1S/C20H34N2O4S/c1-5-9-11-16(6-2)19(23)22(12-10-13-25-7-3)14-18-21-17(15-27-18)20(24)26-8-4/h15-16H,5-14H2,1-4H3. The molecule has 1 amide bonds. The Labute approximate surface area is 167 Å². The second kappa shape index (κ2) is 13.7. The number of amides is 1. The minimum atomic E-state index is -0.413. The molecule has 1 atom stereocenters. The predicted octanol–water partition coefficient (Wildman–Crippen LogP) is 4.29. The fraction of sp³-hybridized carbons (Fsp3) is 0.750. The van der Waals surface area contributed by atoms with Crippen LogP contribution >= 0.6 is 11.3 Å². The van der Waals surface area contributed by atoms with Crippen molar-refractivity contribution in [2.75, 3.05) is 26.4 Å². The molecule has 6 nitrogen and oxygen atoms in total. The zero-order valence-electron chi connectivity index (χ0n) is 17.2. The molecule has 1 aromatic rings. The Morgan fingerprint density at radius 2 is 1.96 bits per heavy atom. The van der Waals surface area contributed by atoms with Crippen molar-refractivity contribution in [1.29, 1.82) is 0 Å². The van der Waals surface area contributed by atoms with E-state index in [1.807, 2.05) is 11.8 Å². The van der Waals surface area contributed by atoms with Crippen LogP contribution in [0.1, 0.15) is 75.3 Å². The summed E-state index contributed by atoms with van der Waals surface area (Å²) in [6, 6.07) is 0. The van der Waals surface area contributed by atoms with Gasteiger partial charge in [-0.25, -0.2) is 9.78 Å². The van der Waals surface area contributed by atoms with Gasteiger partial charge in [-0.2, -0.15) is 0 Å². The first-order chi connectivity index (χ1) is 13.1. The van der Waals surface area contributed by atoms with Gasteiger partial charge in [-0.3, -0.25) is 4.79 Å². The summed E-state index contributed by atoms with van der Waals surface area (Å²) in [6.07, 6.45) is 4.69. The summed E-state index contributed by atoms with van der Waals surface area (Å²) in [5, 5.41) is 2.46. The summed E-state index contributed by atoms with van der Waals surface area (Å²) < 4.78 is 10.4. The lowest BCUT2D eigenvalue weighted by Gasteiger charge is -2.26. The van der Waals surface area contributed by atoms with Crippen molar-refractivity contribution in [2.45, 2.75) is 66.3 Å². The van der Waals surface area contributed by atoms with Crippen molar-refractivity contribution in [3.05, 3.63) is 16.1 Å². The molecule has 0 saturated heterocycles. The molecule has 1 aromatic heterocycles. The summed E-state index contributed by atoms with van der Waals surface area (Å²) in [7, 11) is 0. The van der Waals surface area contributed by atoms with Crippen LogP contribution in [0.3, 0.4) is 0 Å². The van der Waals surface area contributed by atoms with Crippen LogP contribution in [0, 0.1) is 5.92 Å². The second-order valence-corrected chi connectivity index (χ2v) is 7.35. The van der Waals surface area contributed by atoms with Crippen molar-refractivity contribution in [2.24, 2.45) is 5.92 Å². The molecule has 27 heavy (non-hydrogen) atoms. The predicted molar refractivity (Wildman–Crippen MR) is 108 cm³/mol. The van der Waals surface area contributed by atoms with Gasteiger partial charge >= 0.3 is 5.97 Å². The molecule has 154 valence electrons. The van der Waals surface area contributed by atoms with Crippen molar-refractivity contribution in [3.63, 3.8) is 0 Å². The van der Waals surface area contributed by atoms with E-state index in [2.05, 4.69) is 18.8 Å². The molecule has 0 aromatic carbocycles. The minimum absolute atomic E-state index is 0.0431. The first-order valence-electron chi connectivity index (χ1n) is 10.0. The SMILES string of the molecule is CCCCC(CC)C(=O)N(CCCOCC)Cc1nc(C(=O)OCC)cs1. The summed E-state index contributed by atoms with van der Waals surface area (Å²) in [4.78, 5) is 31.1. The van der Waals surface area contributed by atoms with E-state index < -0.39 is 5.97 Å². The Hall–Kier alpha value is -1.47. The lowest BCUT2D eigenvalue weighted by atomic mass is 9.97. The van der Waals surface area contributed by atoms with E-state index in [1.54, 1.807) is 12.3 Å². The smallest absolute Gasteiger partial charge is 0.357 e. The molecule has 0 aliphatic rings. The van der Waals surface area contributed by atoms with E-state index in [-0.39, 0.29) is 11.8 Å². The number of carbonyl (C=O) groups is 2. The fourth-order valence-electron chi connectivity index (χ4n) is 2.83. The van der Waals surface area contributed by atoms with Gasteiger partial charge in [0.05, 0.1) is 13.2 Å². The van der Waals surface area contributed by atoms with Crippen molar-refractivity contribution >= 4 is 23.2 Å². The molecule has 1 unspecified atom stereocenters. The number of esters is 1.